The maximum atomic E-state index is 12.7. The van der Waals surface area contributed by atoms with E-state index in [2.05, 4.69) is 11.4 Å². The lowest BCUT2D eigenvalue weighted by Crippen LogP contribution is -2.48. The Morgan fingerprint density at radius 3 is 2.36 bits per heavy atom. The molecule has 6 atom stereocenters. The average molecular weight is 318 g/mol. The summed E-state index contributed by atoms with van der Waals surface area (Å²) >= 11 is 6.08. The van der Waals surface area contributed by atoms with Crippen LogP contribution in [0.3, 0.4) is 0 Å². The van der Waals surface area contributed by atoms with Crippen LogP contribution in [-0.4, -0.2) is 17.0 Å². The fourth-order valence-corrected chi connectivity index (χ4v) is 4.53. The van der Waals surface area contributed by atoms with Crippen LogP contribution in [0.2, 0.25) is 5.02 Å². The maximum Gasteiger partial charge on any atom is 0.307 e. The lowest BCUT2D eigenvalue weighted by atomic mass is 9.62. The van der Waals surface area contributed by atoms with E-state index in [1.807, 2.05) is 6.08 Å². The molecule has 5 rings (SSSR count). The van der Waals surface area contributed by atoms with Gasteiger partial charge in [-0.05, 0) is 42.2 Å². The third kappa shape index (κ3) is 1.97. The summed E-state index contributed by atoms with van der Waals surface area (Å²) in [5, 5.41) is 12.9. The van der Waals surface area contributed by atoms with E-state index in [1.165, 1.54) is 0 Å². The van der Waals surface area contributed by atoms with Gasteiger partial charge in [-0.15, -0.1) is 0 Å². The van der Waals surface area contributed by atoms with E-state index in [0.717, 1.165) is 6.42 Å². The molecule has 22 heavy (non-hydrogen) atoms. The molecule has 0 heterocycles. The van der Waals surface area contributed by atoms with Crippen molar-refractivity contribution in [3.63, 3.8) is 0 Å². The molecule has 1 aromatic carbocycles. The summed E-state index contributed by atoms with van der Waals surface area (Å²) < 4.78 is 0. The molecule has 0 saturated heterocycles. The molecular weight excluding hydrogens is 302 g/mol. The number of carboxylic acids is 1. The number of anilines is 1. The monoisotopic (exact) mass is 317 g/mol. The van der Waals surface area contributed by atoms with Crippen LogP contribution in [0.15, 0.2) is 36.4 Å². The van der Waals surface area contributed by atoms with Crippen LogP contribution in [-0.2, 0) is 9.59 Å². The highest BCUT2D eigenvalue weighted by molar-refractivity contribution is 6.33. The molecule has 0 aliphatic heterocycles. The number of benzene rings is 1. The van der Waals surface area contributed by atoms with Crippen molar-refractivity contribution in [2.24, 2.45) is 35.5 Å². The number of hydrogen-bond donors (Lipinski definition) is 2. The number of halogens is 1. The van der Waals surface area contributed by atoms with E-state index in [-0.39, 0.29) is 17.7 Å². The van der Waals surface area contributed by atoms with Crippen molar-refractivity contribution in [2.45, 2.75) is 6.42 Å². The third-order valence-corrected chi connectivity index (χ3v) is 5.70. The Bertz CT molecular complexity index is 686. The van der Waals surface area contributed by atoms with E-state index < -0.39 is 17.8 Å². The highest BCUT2D eigenvalue weighted by atomic mass is 35.5. The van der Waals surface area contributed by atoms with E-state index in [9.17, 15) is 14.7 Å². The topological polar surface area (TPSA) is 66.4 Å². The second kappa shape index (κ2) is 4.85. The zero-order valence-electron chi connectivity index (χ0n) is 11.8. The number of aliphatic carboxylic acids is 1. The van der Waals surface area contributed by atoms with Gasteiger partial charge in [-0.1, -0.05) is 35.9 Å². The van der Waals surface area contributed by atoms with Crippen LogP contribution in [0.1, 0.15) is 6.42 Å². The standard InChI is InChI=1S/C17H16ClNO3/c18-12-3-1-2-4-13(12)19-16(20)14-8-5-6-9(11-7-10(8)11)15(14)17(21)22/h1-6,8-11,14-15H,7H2,(H,19,20)(H,21,22)/t8-,9-,10-,11-,14+,15+/m0/s1. The summed E-state index contributed by atoms with van der Waals surface area (Å²) in [5.41, 5.74) is 0.538. The molecule has 0 unspecified atom stereocenters. The smallest absolute Gasteiger partial charge is 0.307 e. The van der Waals surface area contributed by atoms with Gasteiger partial charge in [-0.25, -0.2) is 0 Å². The summed E-state index contributed by atoms with van der Waals surface area (Å²) in [4.78, 5) is 24.4. The van der Waals surface area contributed by atoms with Gasteiger partial charge in [0.25, 0.3) is 0 Å². The van der Waals surface area contributed by atoms with Crippen molar-refractivity contribution >= 4 is 29.2 Å². The second-order valence-electron chi connectivity index (χ2n) is 6.46. The predicted molar refractivity (Wildman–Crippen MR) is 82.4 cm³/mol. The largest absolute Gasteiger partial charge is 0.481 e. The number of carboxylic acid groups (broad SMARTS) is 1. The molecule has 0 radical (unpaired) electrons. The van der Waals surface area contributed by atoms with Gasteiger partial charge in [0.2, 0.25) is 5.91 Å². The number of allylic oxidation sites excluding steroid dienone is 2. The highest BCUT2D eigenvalue weighted by Gasteiger charge is 2.62. The normalized spacial score (nSPS) is 37.5. The molecular formula is C17H16ClNO3. The lowest BCUT2D eigenvalue weighted by molar-refractivity contribution is -0.152. The van der Waals surface area contributed by atoms with Gasteiger partial charge in [0, 0.05) is 0 Å². The summed E-state index contributed by atoms with van der Waals surface area (Å²) in [7, 11) is 0. The minimum absolute atomic E-state index is 0.00510. The first kappa shape index (κ1) is 13.8. The molecule has 4 aliphatic rings. The Kier molecular flexibility index (Phi) is 3.05. The minimum atomic E-state index is -0.871. The number of hydrogen-bond acceptors (Lipinski definition) is 2. The molecule has 2 fully saturated rings. The molecule has 2 saturated carbocycles. The van der Waals surface area contributed by atoms with Crippen molar-refractivity contribution in [3.8, 4) is 0 Å². The molecule has 2 bridgehead atoms. The Labute approximate surface area is 133 Å². The quantitative estimate of drug-likeness (QED) is 0.842. The number of para-hydroxylation sites is 1. The maximum absolute atomic E-state index is 12.7. The molecule has 5 heteroatoms. The van der Waals surface area contributed by atoms with Gasteiger partial charge in [-0.3, -0.25) is 9.59 Å². The Morgan fingerprint density at radius 1 is 1.09 bits per heavy atom. The van der Waals surface area contributed by atoms with Crippen LogP contribution in [0.25, 0.3) is 0 Å². The molecule has 1 aromatic rings. The fourth-order valence-electron chi connectivity index (χ4n) is 4.35. The van der Waals surface area contributed by atoms with Gasteiger partial charge in [0.1, 0.15) is 0 Å². The molecule has 1 amide bonds. The predicted octanol–water partition coefficient (Wildman–Crippen LogP) is 3.05. The third-order valence-electron chi connectivity index (χ3n) is 5.37. The second-order valence-corrected chi connectivity index (χ2v) is 6.87. The van der Waals surface area contributed by atoms with Crippen molar-refractivity contribution in [1.82, 2.24) is 0 Å². The minimum Gasteiger partial charge on any atom is -0.481 e. The molecule has 0 spiro atoms. The average Bonchev–Trinajstić information content (AvgIpc) is 3.30. The van der Waals surface area contributed by atoms with Crippen molar-refractivity contribution in [3.05, 3.63) is 41.4 Å². The molecule has 0 aromatic heterocycles. The summed E-state index contributed by atoms with van der Waals surface area (Å²) in [5.74, 6) is -1.26. The lowest BCUT2D eigenvalue weighted by Gasteiger charge is -2.41. The SMILES string of the molecule is O=C(O)[C@@H]1[C@H]2C=C[C@@H]([C@@H]3C[C@@H]23)[C@H]1C(=O)Nc1ccccc1Cl. The van der Waals surface area contributed by atoms with Gasteiger partial charge in [0.15, 0.2) is 0 Å². The van der Waals surface area contributed by atoms with E-state index >= 15 is 0 Å². The number of amides is 1. The van der Waals surface area contributed by atoms with Crippen molar-refractivity contribution in [1.29, 1.82) is 0 Å². The van der Waals surface area contributed by atoms with Gasteiger partial charge in [-0.2, -0.15) is 0 Å². The van der Waals surface area contributed by atoms with Crippen LogP contribution in [0.4, 0.5) is 5.69 Å². The number of rotatable bonds is 3. The van der Waals surface area contributed by atoms with E-state index in [0.29, 0.717) is 22.5 Å². The number of nitrogens with one attached hydrogen (secondary N) is 1. The molecule has 4 aliphatic carbocycles. The Morgan fingerprint density at radius 2 is 1.73 bits per heavy atom. The Balaban J connectivity index is 1.63. The van der Waals surface area contributed by atoms with Crippen LogP contribution >= 0.6 is 11.6 Å². The number of fused-ring (bicyclic) bond motifs is 1. The van der Waals surface area contributed by atoms with Gasteiger partial charge in [0.05, 0.1) is 22.5 Å². The van der Waals surface area contributed by atoms with Crippen molar-refractivity contribution < 1.29 is 14.7 Å². The van der Waals surface area contributed by atoms with Crippen LogP contribution < -0.4 is 5.32 Å². The number of carbonyl (C=O) groups excluding carboxylic acids is 1. The van der Waals surface area contributed by atoms with Gasteiger partial charge < -0.3 is 10.4 Å². The van der Waals surface area contributed by atoms with E-state index in [4.69, 9.17) is 11.6 Å². The first-order chi connectivity index (χ1) is 10.6. The van der Waals surface area contributed by atoms with E-state index in [1.54, 1.807) is 24.3 Å². The van der Waals surface area contributed by atoms with Crippen LogP contribution in [0, 0.1) is 35.5 Å². The Hall–Kier alpha value is -1.81. The molecule has 2 N–H and O–H groups in total. The summed E-state index contributed by atoms with van der Waals surface area (Å²) in [6.45, 7) is 0. The highest BCUT2D eigenvalue weighted by Crippen LogP contribution is 2.63. The first-order valence-corrected chi connectivity index (χ1v) is 7.92. The van der Waals surface area contributed by atoms with Crippen molar-refractivity contribution in [2.75, 3.05) is 5.32 Å². The zero-order valence-corrected chi connectivity index (χ0v) is 12.5. The fraction of sp³-hybridized carbons (Fsp3) is 0.412. The molecule has 114 valence electrons. The van der Waals surface area contributed by atoms with Gasteiger partial charge >= 0.3 is 5.97 Å². The summed E-state index contributed by atoms with van der Waals surface area (Å²) in [6.07, 6.45) is 5.11. The summed E-state index contributed by atoms with van der Waals surface area (Å²) in [6, 6.07) is 7.01. The number of carbonyl (C=O) groups is 2. The first-order valence-electron chi connectivity index (χ1n) is 7.54. The molecule has 4 nitrogen and oxygen atoms in total. The zero-order chi connectivity index (χ0) is 15.4. The van der Waals surface area contributed by atoms with Crippen LogP contribution in [0.5, 0.6) is 0 Å².